The number of para-hydroxylation sites is 1. The van der Waals surface area contributed by atoms with Crippen molar-refractivity contribution < 1.29 is 4.74 Å². The predicted octanol–water partition coefficient (Wildman–Crippen LogP) is 5.13. The molecular formula is C12H8BrCl2NO. The molecule has 88 valence electrons. The standard InChI is InChI=1S/C12H8BrCl2NO/c13-8-6-7(14)4-5-10(8)17-11-3-1-2-9(15)12(11)16/h1-6H,16H2. The van der Waals surface area contributed by atoms with Crippen LogP contribution in [-0.2, 0) is 0 Å². The van der Waals surface area contributed by atoms with Gasteiger partial charge in [-0.15, -0.1) is 0 Å². The van der Waals surface area contributed by atoms with E-state index in [2.05, 4.69) is 15.9 Å². The van der Waals surface area contributed by atoms with Crippen molar-refractivity contribution in [3.05, 3.63) is 50.9 Å². The molecule has 0 heterocycles. The Balaban J connectivity index is 2.35. The molecule has 0 bridgehead atoms. The number of nitrogens with two attached hydrogens (primary N) is 1. The molecule has 5 heteroatoms. The number of hydrogen-bond acceptors (Lipinski definition) is 2. The lowest BCUT2D eigenvalue weighted by Gasteiger charge is -2.10. The lowest BCUT2D eigenvalue weighted by molar-refractivity contribution is 0.482. The van der Waals surface area contributed by atoms with Gasteiger partial charge in [0.1, 0.15) is 5.75 Å². The fourth-order valence-corrected chi connectivity index (χ4v) is 2.21. The second-order valence-corrected chi connectivity index (χ2v) is 5.03. The van der Waals surface area contributed by atoms with Gasteiger partial charge in [0.05, 0.1) is 15.2 Å². The Kier molecular flexibility index (Phi) is 3.82. The third kappa shape index (κ3) is 2.86. The first-order chi connectivity index (χ1) is 8.08. The van der Waals surface area contributed by atoms with E-state index in [-0.39, 0.29) is 0 Å². The van der Waals surface area contributed by atoms with E-state index in [0.717, 1.165) is 4.47 Å². The topological polar surface area (TPSA) is 35.2 Å². The predicted molar refractivity (Wildman–Crippen MR) is 75.1 cm³/mol. The Morgan fingerprint density at radius 3 is 2.53 bits per heavy atom. The lowest BCUT2D eigenvalue weighted by Crippen LogP contribution is -1.93. The summed E-state index contributed by atoms with van der Waals surface area (Å²) in [4.78, 5) is 0. The van der Waals surface area contributed by atoms with Crippen molar-refractivity contribution in [2.75, 3.05) is 5.73 Å². The highest BCUT2D eigenvalue weighted by Crippen LogP contribution is 2.36. The van der Waals surface area contributed by atoms with Crippen LogP contribution in [0.3, 0.4) is 0 Å². The van der Waals surface area contributed by atoms with Gasteiger partial charge >= 0.3 is 0 Å². The minimum absolute atomic E-state index is 0.413. The highest BCUT2D eigenvalue weighted by atomic mass is 79.9. The summed E-state index contributed by atoms with van der Waals surface area (Å²) in [7, 11) is 0. The summed E-state index contributed by atoms with van der Waals surface area (Å²) in [6.07, 6.45) is 0. The fraction of sp³-hybridized carbons (Fsp3) is 0. The SMILES string of the molecule is Nc1c(Cl)cccc1Oc1ccc(Cl)cc1Br. The van der Waals surface area contributed by atoms with Crippen molar-refractivity contribution in [3.63, 3.8) is 0 Å². The van der Waals surface area contributed by atoms with Crippen LogP contribution < -0.4 is 10.5 Å². The first-order valence-electron chi connectivity index (χ1n) is 4.75. The summed E-state index contributed by atoms with van der Waals surface area (Å²) >= 11 is 15.1. The molecule has 2 aromatic carbocycles. The number of nitrogen functional groups attached to an aromatic ring is 1. The molecule has 0 aliphatic carbocycles. The van der Waals surface area contributed by atoms with Crippen molar-refractivity contribution in [1.29, 1.82) is 0 Å². The maximum atomic E-state index is 5.91. The van der Waals surface area contributed by atoms with Crippen LogP contribution in [0, 0.1) is 0 Å². The molecule has 2 nitrogen and oxygen atoms in total. The highest BCUT2D eigenvalue weighted by molar-refractivity contribution is 9.10. The zero-order valence-electron chi connectivity index (χ0n) is 8.58. The zero-order chi connectivity index (χ0) is 12.4. The van der Waals surface area contributed by atoms with Crippen LogP contribution in [0.2, 0.25) is 10.0 Å². The van der Waals surface area contributed by atoms with E-state index < -0.39 is 0 Å². The van der Waals surface area contributed by atoms with Crippen molar-refractivity contribution in [1.82, 2.24) is 0 Å². The summed E-state index contributed by atoms with van der Waals surface area (Å²) in [6.45, 7) is 0. The van der Waals surface area contributed by atoms with Crippen molar-refractivity contribution >= 4 is 44.8 Å². The molecule has 0 atom stereocenters. The van der Waals surface area contributed by atoms with Crippen molar-refractivity contribution in [3.8, 4) is 11.5 Å². The van der Waals surface area contributed by atoms with Crippen LogP contribution in [0.1, 0.15) is 0 Å². The number of ether oxygens (including phenoxy) is 1. The summed E-state index contributed by atoms with van der Waals surface area (Å²) in [5.74, 6) is 1.14. The Morgan fingerprint density at radius 1 is 1.06 bits per heavy atom. The number of halogens is 3. The van der Waals surface area contributed by atoms with E-state index in [1.54, 1.807) is 36.4 Å². The highest BCUT2D eigenvalue weighted by Gasteiger charge is 2.08. The number of anilines is 1. The normalized spacial score (nSPS) is 10.3. The molecule has 0 aliphatic heterocycles. The van der Waals surface area contributed by atoms with Crippen LogP contribution in [0.4, 0.5) is 5.69 Å². The van der Waals surface area contributed by atoms with Gasteiger partial charge < -0.3 is 10.5 Å². The minimum Gasteiger partial charge on any atom is -0.454 e. The van der Waals surface area contributed by atoms with Gasteiger partial charge in [0.2, 0.25) is 0 Å². The van der Waals surface area contributed by atoms with Gasteiger partial charge in [-0.3, -0.25) is 0 Å². The van der Waals surface area contributed by atoms with Crippen molar-refractivity contribution in [2.45, 2.75) is 0 Å². The number of rotatable bonds is 2. The smallest absolute Gasteiger partial charge is 0.151 e. The van der Waals surface area contributed by atoms with E-state index in [0.29, 0.717) is 27.2 Å². The van der Waals surface area contributed by atoms with E-state index in [4.69, 9.17) is 33.7 Å². The summed E-state index contributed by atoms with van der Waals surface area (Å²) < 4.78 is 6.41. The molecule has 2 N–H and O–H groups in total. The van der Waals surface area contributed by atoms with Gasteiger partial charge in [-0.1, -0.05) is 29.3 Å². The number of benzene rings is 2. The quantitative estimate of drug-likeness (QED) is 0.773. The molecule has 0 saturated heterocycles. The van der Waals surface area contributed by atoms with Gasteiger partial charge in [0, 0.05) is 5.02 Å². The van der Waals surface area contributed by atoms with Crippen LogP contribution in [-0.4, -0.2) is 0 Å². The molecule has 0 saturated carbocycles. The molecular weight excluding hydrogens is 325 g/mol. The maximum Gasteiger partial charge on any atom is 0.151 e. The third-order valence-corrected chi connectivity index (χ3v) is 3.31. The second-order valence-electron chi connectivity index (χ2n) is 3.33. The van der Waals surface area contributed by atoms with Gasteiger partial charge in [-0.25, -0.2) is 0 Å². The van der Waals surface area contributed by atoms with E-state index in [9.17, 15) is 0 Å². The Morgan fingerprint density at radius 2 is 1.82 bits per heavy atom. The first kappa shape index (κ1) is 12.6. The maximum absolute atomic E-state index is 5.91. The van der Waals surface area contributed by atoms with Gasteiger partial charge in [0.15, 0.2) is 5.75 Å². The Hall–Kier alpha value is -0.900. The van der Waals surface area contributed by atoms with Crippen LogP contribution in [0.25, 0.3) is 0 Å². The fourth-order valence-electron chi connectivity index (χ4n) is 1.28. The molecule has 0 aromatic heterocycles. The Bertz CT molecular complexity index is 560. The summed E-state index contributed by atoms with van der Waals surface area (Å²) in [5, 5.41) is 1.09. The molecule has 0 unspecified atom stereocenters. The minimum atomic E-state index is 0.413. The molecule has 0 spiro atoms. The molecule has 0 aliphatic rings. The van der Waals surface area contributed by atoms with Crippen molar-refractivity contribution in [2.24, 2.45) is 0 Å². The largest absolute Gasteiger partial charge is 0.454 e. The summed E-state index contributed by atoms with van der Waals surface area (Å²) in [6, 6.07) is 10.5. The number of hydrogen-bond donors (Lipinski definition) is 1. The first-order valence-corrected chi connectivity index (χ1v) is 6.29. The van der Waals surface area contributed by atoms with E-state index in [1.165, 1.54) is 0 Å². The third-order valence-electron chi connectivity index (χ3n) is 2.13. The monoisotopic (exact) mass is 331 g/mol. The molecule has 2 rings (SSSR count). The zero-order valence-corrected chi connectivity index (χ0v) is 11.7. The van der Waals surface area contributed by atoms with Crippen LogP contribution >= 0.6 is 39.1 Å². The lowest BCUT2D eigenvalue weighted by atomic mass is 10.3. The average molecular weight is 333 g/mol. The second kappa shape index (κ2) is 5.17. The van der Waals surface area contributed by atoms with Crippen LogP contribution in [0.15, 0.2) is 40.9 Å². The van der Waals surface area contributed by atoms with Gasteiger partial charge in [0.25, 0.3) is 0 Å². The molecule has 0 amide bonds. The summed E-state index contributed by atoms with van der Waals surface area (Å²) in [5.41, 5.74) is 6.23. The molecule has 0 fully saturated rings. The molecule has 2 aromatic rings. The average Bonchev–Trinajstić information content (AvgIpc) is 2.28. The molecule has 17 heavy (non-hydrogen) atoms. The van der Waals surface area contributed by atoms with E-state index >= 15 is 0 Å². The Labute approximate surface area is 117 Å². The van der Waals surface area contributed by atoms with Gasteiger partial charge in [-0.2, -0.15) is 0 Å². The van der Waals surface area contributed by atoms with Crippen LogP contribution in [0.5, 0.6) is 11.5 Å². The van der Waals surface area contributed by atoms with Gasteiger partial charge in [-0.05, 0) is 46.3 Å². The van der Waals surface area contributed by atoms with E-state index in [1.807, 2.05) is 0 Å². The molecule has 0 radical (unpaired) electrons.